The van der Waals surface area contributed by atoms with Gasteiger partial charge >= 0.3 is 0 Å². The number of benzene rings is 1. The van der Waals surface area contributed by atoms with Crippen LogP contribution in [-0.2, 0) is 0 Å². The molecule has 2 rings (SSSR count). The molecule has 1 saturated heterocycles. The van der Waals surface area contributed by atoms with Gasteiger partial charge < -0.3 is 10.6 Å². The summed E-state index contributed by atoms with van der Waals surface area (Å²) in [7, 11) is 0. The first-order valence-electron chi connectivity index (χ1n) is 7.19. The summed E-state index contributed by atoms with van der Waals surface area (Å²) in [5, 5.41) is 7.15. The minimum atomic E-state index is -0.172. The monoisotopic (exact) mass is 264 g/mol. The number of hydrogen-bond acceptors (Lipinski definition) is 2. The van der Waals surface area contributed by atoms with E-state index >= 15 is 0 Å². The fourth-order valence-electron chi connectivity index (χ4n) is 2.77. The van der Waals surface area contributed by atoms with Crippen molar-refractivity contribution < 1.29 is 4.39 Å². The van der Waals surface area contributed by atoms with Crippen LogP contribution in [0.1, 0.15) is 45.2 Å². The molecule has 0 aliphatic carbocycles. The molecule has 1 aliphatic rings. The Balaban J connectivity index is 2.05. The second-order valence-corrected chi connectivity index (χ2v) is 6.55. The maximum absolute atomic E-state index is 13.0. The second kappa shape index (κ2) is 6.02. The van der Waals surface area contributed by atoms with Crippen molar-refractivity contribution in [1.82, 2.24) is 10.6 Å². The van der Waals surface area contributed by atoms with Crippen LogP contribution in [0, 0.1) is 11.2 Å². The van der Waals surface area contributed by atoms with E-state index in [1.807, 2.05) is 12.1 Å². The predicted octanol–water partition coefficient (Wildman–Crippen LogP) is 3.25. The largest absolute Gasteiger partial charge is 0.313 e. The molecule has 1 aliphatic heterocycles. The lowest BCUT2D eigenvalue weighted by Crippen LogP contribution is -2.40. The zero-order valence-electron chi connectivity index (χ0n) is 12.2. The van der Waals surface area contributed by atoms with Gasteiger partial charge in [0.1, 0.15) is 5.82 Å². The molecule has 2 N–H and O–H groups in total. The summed E-state index contributed by atoms with van der Waals surface area (Å²) >= 11 is 0. The SMILES string of the molecule is CC(C)(C)C(NCC1CCCN1)c1ccc(F)cc1. The van der Waals surface area contributed by atoms with E-state index in [1.54, 1.807) is 12.1 Å². The van der Waals surface area contributed by atoms with E-state index < -0.39 is 0 Å². The van der Waals surface area contributed by atoms with Gasteiger partial charge in [-0.2, -0.15) is 0 Å². The molecule has 2 nitrogen and oxygen atoms in total. The lowest BCUT2D eigenvalue weighted by Gasteiger charge is -2.33. The van der Waals surface area contributed by atoms with Crippen molar-refractivity contribution in [2.45, 2.75) is 45.7 Å². The van der Waals surface area contributed by atoms with Crippen molar-refractivity contribution in [1.29, 1.82) is 0 Å². The standard InChI is InChI=1S/C16H25FN2/c1-16(2,3)15(12-6-8-13(17)9-7-12)19-11-14-5-4-10-18-14/h6-9,14-15,18-19H,4-5,10-11H2,1-3H3. The number of hydrogen-bond donors (Lipinski definition) is 2. The molecule has 0 bridgehead atoms. The molecule has 1 heterocycles. The molecule has 3 heteroatoms. The van der Waals surface area contributed by atoms with Crippen LogP contribution in [0.5, 0.6) is 0 Å². The van der Waals surface area contributed by atoms with Crippen molar-refractivity contribution in [3.63, 3.8) is 0 Å². The molecule has 0 aromatic heterocycles. The zero-order chi connectivity index (χ0) is 13.9. The maximum Gasteiger partial charge on any atom is 0.123 e. The third-order valence-electron chi connectivity index (χ3n) is 3.80. The molecule has 2 atom stereocenters. The van der Waals surface area contributed by atoms with Gasteiger partial charge in [-0.05, 0) is 42.5 Å². The molecule has 1 fully saturated rings. The molecule has 0 amide bonds. The molecule has 2 unspecified atom stereocenters. The highest BCUT2D eigenvalue weighted by molar-refractivity contribution is 5.21. The van der Waals surface area contributed by atoms with Crippen molar-refractivity contribution in [3.8, 4) is 0 Å². The van der Waals surface area contributed by atoms with Crippen LogP contribution in [0.4, 0.5) is 4.39 Å². The van der Waals surface area contributed by atoms with Crippen molar-refractivity contribution in [3.05, 3.63) is 35.6 Å². The highest BCUT2D eigenvalue weighted by Gasteiger charge is 2.27. The first kappa shape index (κ1) is 14.5. The Kier molecular flexibility index (Phi) is 4.58. The molecular formula is C16H25FN2. The maximum atomic E-state index is 13.0. The summed E-state index contributed by atoms with van der Waals surface area (Å²) in [4.78, 5) is 0. The molecule has 0 spiro atoms. The second-order valence-electron chi connectivity index (χ2n) is 6.55. The van der Waals surface area contributed by atoms with Crippen LogP contribution in [0.25, 0.3) is 0 Å². The van der Waals surface area contributed by atoms with Gasteiger partial charge in [-0.25, -0.2) is 4.39 Å². The number of rotatable bonds is 4. The van der Waals surface area contributed by atoms with Crippen LogP contribution >= 0.6 is 0 Å². The Morgan fingerprint density at radius 2 is 2.00 bits per heavy atom. The lowest BCUT2D eigenvalue weighted by atomic mass is 9.82. The van der Waals surface area contributed by atoms with Crippen LogP contribution < -0.4 is 10.6 Å². The van der Waals surface area contributed by atoms with Gasteiger partial charge in [0.2, 0.25) is 0 Å². The van der Waals surface area contributed by atoms with E-state index in [9.17, 15) is 4.39 Å². The van der Waals surface area contributed by atoms with Crippen LogP contribution in [0.2, 0.25) is 0 Å². The summed E-state index contributed by atoms with van der Waals surface area (Å²) in [6.07, 6.45) is 2.51. The Bertz CT molecular complexity index is 388. The van der Waals surface area contributed by atoms with Crippen molar-refractivity contribution >= 4 is 0 Å². The molecule has 0 radical (unpaired) electrons. The van der Waals surface area contributed by atoms with E-state index in [4.69, 9.17) is 0 Å². The Morgan fingerprint density at radius 3 is 2.53 bits per heavy atom. The molecule has 106 valence electrons. The van der Waals surface area contributed by atoms with Crippen molar-refractivity contribution in [2.24, 2.45) is 5.41 Å². The number of halogens is 1. The Morgan fingerprint density at radius 1 is 1.32 bits per heavy atom. The minimum absolute atomic E-state index is 0.108. The zero-order valence-corrected chi connectivity index (χ0v) is 12.2. The summed E-state index contributed by atoms with van der Waals surface area (Å²) < 4.78 is 13.0. The quantitative estimate of drug-likeness (QED) is 0.872. The predicted molar refractivity (Wildman–Crippen MR) is 77.6 cm³/mol. The average Bonchev–Trinajstić information content (AvgIpc) is 2.83. The van der Waals surface area contributed by atoms with Crippen LogP contribution in [0.15, 0.2) is 24.3 Å². The first-order valence-corrected chi connectivity index (χ1v) is 7.19. The normalized spacial score (nSPS) is 21.6. The smallest absolute Gasteiger partial charge is 0.123 e. The van der Waals surface area contributed by atoms with Gasteiger partial charge in [-0.15, -0.1) is 0 Å². The van der Waals surface area contributed by atoms with E-state index in [0.717, 1.165) is 18.7 Å². The summed E-state index contributed by atoms with van der Waals surface area (Å²) in [6, 6.07) is 7.69. The summed E-state index contributed by atoms with van der Waals surface area (Å²) in [6.45, 7) is 8.75. The van der Waals surface area contributed by atoms with Gasteiger partial charge in [0.15, 0.2) is 0 Å². The van der Waals surface area contributed by atoms with E-state index in [0.29, 0.717) is 6.04 Å². The molecule has 0 saturated carbocycles. The van der Waals surface area contributed by atoms with Crippen LogP contribution in [-0.4, -0.2) is 19.1 Å². The van der Waals surface area contributed by atoms with Gasteiger partial charge in [-0.3, -0.25) is 0 Å². The third kappa shape index (κ3) is 4.02. The summed E-state index contributed by atoms with van der Waals surface area (Å²) in [5.74, 6) is -0.172. The van der Waals surface area contributed by atoms with Crippen LogP contribution in [0.3, 0.4) is 0 Å². The van der Waals surface area contributed by atoms with E-state index in [2.05, 4.69) is 31.4 Å². The topological polar surface area (TPSA) is 24.1 Å². The first-order chi connectivity index (χ1) is 8.97. The molecule has 1 aromatic rings. The minimum Gasteiger partial charge on any atom is -0.313 e. The molecule has 1 aromatic carbocycles. The Labute approximate surface area is 115 Å². The average molecular weight is 264 g/mol. The fraction of sp³-hybridized carbons (Fsp3) is 0.625. The van der Waals surface area contributed by atoms with E-state index in [1.165, 1.54) is 12.8 Å². The highest BCUT2D eigenvalue weighted by Crippen LogP contribution is 2.32. The highest BCUT2D eigenvalue weighted by atomic mass is 19.1. The Hall–Kier alpha value is -0.930. The van der Waals surface area contributed by atoms with Gasteiger partial charge in [-0.1, -0.05) is 32.9 Å². The number of nitrogens with one attached hydrogen (secondary N) is 2. The summed E-state index contributed by atoms with van der Waals surface area (Å²) in [5.41, 5.74) is 1.27. The lowest BCUT2D eigenvalue weighted by molar-refractivity contribution is 0.266. The molecular weight excluding hydrogens is 239 g/mol. The van der Waals surface area contributed by atoms with Crippen molar-refractivity contribution in [2.75, 3.05) is 13.1 Å². The van der Waals surface area contributed by atoms with E-state index in [-0.39, 0.29) is 17.3 Å². The van der Waals surface area contributed by atoms with Gasteiger partial charge in [0.25, 0.3) is 0 Å². The molecule has 19 heavy (non-hydrogen) atoms. The third-order valence-corrected chi connectivity index (χ3v) is 3.80. The van der Waals surface area contributed by atoms with Gasteiger partial charge in [0, 0.05) is 18.6 Å². The van der Waals surface area contributed by atoms with Gasteiger partial charge in [0.05, 0.1) is 0 Å². The fourth-order valence-corrected chi connectivity index (χ4v) is 2.77.